The van der Waals surface area contributed by atoms with Crippen molar-refractivity contribution in [3.8, 4) is 11.5 Å². The Morgan fingerprint density at radius 2 is 1.60 bits per heavy atom. The van der Waals surface area contributed by atoms with Crippen molar-refractivity contribution in [3.05, 3.63) is 82.5 Å². The summed E-state index contributed by atoms with van der Waals surface area (Å²) in [5.41, 5.74) is 2.40. The Labute approximate surface area is 172 Å². The normalized spacial score (nSPS) is 13.5. The molecule has 2 heterocycles. The van der Waals surface area contributed by atoms with E-state index in [-0.39, 0.29) is 30.7 Å². The Hall–Kier alpha value is -3.80. The van der Waals surface area contributed by atoms with Gasteiger partial charge in [0.05, 0.1) is 17.1 Å². The quantitative estimate of drug-likeness (QED) is 0.530. The van der Waals surface area contributed by atoms with E-state index in [9.17, 15) is 9.59 Å². The molecule has 1 unspecified atom stereocenters. The zero-order valence-electron chi connectivity index (χ0n) is 16.4. The first-order valence-corrected chi connectivity index (χ1v) is 9.81. The number of hydrogen-bond donors (Lipinski definition) is 1. The Balaban J connectivity index is 1.47. The Kier molecular flexibility index (Phi) is 4.39. The summed E-state index contributed by atoms with van der Waals surface area (Å²) in [6, 6.07) is 20.2. The van der Waals surface area contributed by atoms with Crippen LogP contribution in [-0.4, -0.2) is 17.3 Å². The zero-order valence-corrected chi connectivity index (χ0v) is 16.4. The second-order valence-electron chi connectivity index (χ2n) is 7.35. The molecule has 1 amide bonds. The Morgan fingerprint density at radius 1 is 0.967 bits per heavy atom. The molecule has 0 bridgehead atoms. The SMILES string of the molecule is CC(NC(=O)Cn1c2ccccc2c(=O)c2ccccc21)c1ccc2c(c1)OCO2. The van der Waals surface area contributed by atoms with Gasteiger partial charge in [0.15, 0.2) is 16.9 Å². The van der Waals surface area contributed by atoms with Crippen LogP contribution >= 0.6 is 0 Å². The van der Waals surface area contributed by atoms with Gasteiger partial charge < -0.3 is 19.4 Å². The van der Waals surface area contributed by atoms with E-state index in [2.05, 4.69) is 5.32 Å². The number of carbonyl (C=O) groups is 1. The fraction of sp³-hybridized carbons (Fsp3) is 0.167. The molecule has 0 radical (unpaired) electrons. The summed E-state index contributed by atoms with van der Waals surface area (Å²) < 4.78 is 12.7. The number of ether oxygens (including phenoxy) is 2. The highest BCUT2D eigenvalue weighted by atomic mass is 16.7. The largest absolute Gasteiger partial charge is 0.454 e. The number of hydrogen-bond acceptors (Lipinski definition) is 4. The molecule has 6 heteroatoms. The topological polar surface area (TPSA) is 69.6 Å². The van der Waals surface area contributed by atoms with Gasteiger partial charge in [0, 0.05) is 10.8 Å². The summed E-state index contributed by atoms with van der Waals surface area (Å²) in [6.45, 7) is 2.25. The van der Waals surface area contributed by atoms with Gasteiger partial charge in [-0.2, -0.15) is 0 Å². The fourth-order valence-corrected chi connectivity index (χ4v) is 3.94. The van der Waals surface area contributed by atoms with Gasteiger partial charge in [-0.3, -0.25) is 9.59 Å². The van der Waals surface area contributed by atoms with Crippen LogP contribution < -0.4 is 20.2 Å². The number of aromatic nitrogens is 1. The summed E-state index contributed by atoms with van der Waals surface area (Å²) >= 11 is 0. The molecular weight excluding hydrogens is 380 g/mol. The van der Waals surface area contributed by atoms with Gasteiger partial charge in [-0.05, 0) is 48.9 Å². The van der Waals surface area contributed by atoms with Gasteiger partial charge in [0.1, 0.15) is 6.54 Å². The smallest absolute Gasteiger partial charge is 0.240 e. The van der Waals surface area contributed by atoms with Crippen LogP contribution in [0.3, 0.4) is 0 Å². The monoisotopic (exact) mass is 400 g/mol. The van der Waals surface area contributed by atoms with E-state index in [1.807, 2.05) is 66.1 Å². The van der Waals surface area contributed by atoms with Crippen molar-refractivity contribution in [1.29, 1.82) is 0 Å². The van der Waals surface area contributed by atoms with E-state index >= 15 is 0 Å². The third-order valence-electron chi connectivity index (χ3n) is 5.45. The maximum Gasteiger partial charge on any atom is 0.240 e. The van der Waals surface area contributed by atoms with Gasteiger partial charge in [-0.15, -0.1) is 0 Å². The molecule has 1 aromatic heterocycles. The van der Waals surface area contributed by atoms with E-state index in [0.717, 1.165) is 16.6 Å². The average molecular weight is 400 g/mol. The first-order chi connectivity index (χ1) is 14.6. The van der Waals surface area contributed by atoms with Crippen LogP contribution in [0.1, 0.15) is 18.5 Å². The molecular formula is C24H20N2O4. The number of nitrogens with zero attached hydrogens (tertiary/aromatic N) is 1. The average Bonchev–Trinajstić information content (AvgIpc) is 3.24. The molecule has 1 N–H and O–H groups in total. The van der Waals surface area contributed by atoms with Crippen molar-refractivity contribution in [2.45, 2.75) is 19.5 Å². The molecule has 0 saturated carbocycles. The van der Waals surface area contributed by atoms with Crippen molar-refractivity contribution in [3.63, 3.8) is 0 Å². The predicted molar refractivity (Wildman–Crippen MR) is 115 cm³/mol. The van der Waals surface area contributed by atoms with Crippen molar-refractivity contribution in [2.24, 2.45) is 0 Å². The maximum atomic E-state index is 12.9. The van der Waals surface area contributed by atoms with Gasteiger partial charge >= 0.3 is 0 Å². The molecule has 1 aliphatic rings. The van der Waals surface area contributed by atoms with E-state index in [1.54, 1.807) is 12.1 Å². The van der Waals surface area contributed by atoms with Crippen LogP contribution in [0, 0.1) is 0 Å². The highest BCUT2D eigenvalue weighted by Crippen LogP contribution is 2.34. The summed E-state index contributed by atoms with van der Waals surface area (Å²) in [6.07, 6.45) is 0. The number of benzene rings is 3. The van der Waals surface area contributed by atoms with Gasteiger partial charge in [0.25, 0.3) is 0 Å². The molecule has 0 spiro atoms. The minimum atomic E-state index is -0.205. The third-order valence-corrected chi connectivity index (χ3v) is 5.45. The summed E-state index contributed by atoms with van der Waals surface area (Å²) in [7, 11) is 0. The van der Waals surface area contributed by atoms with Crippen molar-refractivity contribution in [1.82, 2.24) is 9.88 Å². The lowest BCUT2D eigenvalue weighted by molar-refractivity contribution is -0.122. The van der Waals surface area contributed by atoms with Crippen LogP contribution in [0.25, 0.3) is 21.8 Å². The van der Waals surface area contributed by atoms with Crippen molar-refractivity contribution >= 4 is 27.7 Å². The number of pyridine rings is 1. The lowest BCUT2D eigenvalue weighted by Gasteiger charge is -2.18. The summed E-state index contributed by atoms with van der Waals surface area (Å²) in [5, 5.41) is 4.25. The molecule has 1 aliphatic heterocycles. The van der Waals surface area contributed by atoms with Crippen molar-refractivity contribution in [2.75, 3.05) is 6.79 Å². The summed E-state index contributed by atoms with van der Waals surface area (Å²) in [4.78, 5) is 25.8. The molecule has 3 aromatic carbocycles. The maximum absolute atomic E-state index is 12.9. The molecule has 0 aliphatic carbocycles. The Bertz CT molecular complexity index is 1280. The molecule has 30 heavy (non-hydrogen) atoms. The van der Waals surface area contributed by atoms with Crippen LogP contribution in [0.15, 0.2) is 71.5 Å². The lowest BCUT2D eigenvalue weighted by Crippen LogP contribution is -2.30. The lowest BCUT2D eigenvalue weighted by atomic mass is 10.1. The first-order valence-electron chi connectivity index (χ1n) is 9.81. The fourth-order valence-electron chi connectivity index (χ4n) is 3.94. The van der Waals surface area contributed by atoms with Crippen LogP contribution in [0.2, 0.25) is 0 Å². The molecule has 4 aromatic rings. The summed E-state index contributed by atoms with van der Waals surface area (Å²) in [5.74, 6) is 1.26. The molecule has 5 rings (SSSR count). The number of fused-ring (bicyclic) bond motifs is 3. The number of carbonyl (C=O) groups excluding carboxylic acids is 1. The zero-order chi connectivity index (χ0) is 20.7. The van der Waals surface area contributed by atoms with E-state index in [0.29, 0.717) is 22.3 Å². The second-order valence-corrected chi connectivity index (χ2v) is 7.35. The molecule has 6 nitrogen and oxygen atoms in total. The van der Waals surface area contributed by atoms with Crippen LogP contribution in [-0.2, 0) is 11.3 Å². The van der Waals surface area contributed by atoms with Gasteiger partial charge in [0.2, 0.25) is 12.7 Å². The standard InChI is InChI=1S/C24H20N2O4/c1-15(16-10-11-21-22(12-16)30-14-29-21)25-23(27)13-26-19-8-4-2-6-17(19)24(28)18-7-3-5-9-20(18)26/h2-12,15H,13-14H2,1H3,(H,25,27). The van der Waals surface area contributed by atoms with E-state index in [4.69, 9.17) is 9.47 Å². The van der Waals surface area contributed by atoms with Crippen molar-refractivity contribution < 1.29 is 14.3 Å². The van der Waals surface area contributed by atoms with Crippen LogP contribution in [0.5, 0.6) is 11.5 Å². The van der Waals surface area contributed by atoms with Gasteiger partial charge in [-0.25, -0.2) is 0 Å². The molecule has 1 atom stereocenters. The molecule has 0 fully saturated rings. The predicted octanol–water partition coefficient (Wildman–Crippen LogP) is 3.76. The minimum Gasteiger partial charge on any atom is -0.454 e. The third kappa shape index (κ3) is 3.06. The van der Waals surface area contributed by atoms with Gasteiger partial charge in [-0.1, -0.05) is 30.3 Å². The number of amides is 1. The molecule has 150 valence electrons. The minimum absolute atomic E-state index is 0.0217. The first kappa shape index (κ1) is 18.2. The highest BCUT2D eigenvalue weighted by Gasteiger charge is 2.18. The second kappa shape index (κ2) is 7.22. The number of nitrogens with one attached hydrogen (secondary N) is 1. The van der Waals surface area contributed by atoms with E-state index < -0.39 is 0 Å². The number of rotatable bonds is 4. The number of para-hydroxylation sites is 2. The van der Waals surface area contributed by atoms with E-state index in [1.165, 1.54) is 0 Å². The highest BCUT2D eigenvalue weighted by molar-refractivity contribution is 5.94. The molecule has 0 saturated heterocycles. The van der Waals surface area contributed by atoms with Crippen LogP contribution in [0.4, 0.5) is 0 Å². The Morgan fingerprint density at radius 3 is 2.30 bits per heavy atom.